The van der Waals surface area contributed by atoms with Gasteiger partial charge in [-0.25, -0.2) is 9.48 Å². The van der Waals surface area contributed by atoms with E-state index in [2.05, 4.69) is 26.2 Å². The lowest BCUT2D eigenvalue weighted by molar-refractivity contribution is -0.158. The Kier molecular flexibility index (Phi) is 7.89. The molecule has 7 atom stereocenters. The van der Waals surface area contributed by atoms with E-state index in [4.69, 9.17) is 10.5 Å². The first-order chi connectivity index (χ1) is 18.7. The van der Waals surface area contributed by atoms with Crippen LogP contribution in [0.1, 0.15) is 20.3 Å². The van der Waals surface area contributed by atoms with Gasteiger partial charge in [0.2, 0.25) is 17.7 Å². The van der Waals surface area contributed by atoms with Crippen LogP contribution in [0, 0.1) is 11.8 Å². The molecule has 3 fully saturated rings. The van der Waals surface area contributed by atoms with Gasteiger partial charge in [-0.3, -0.25) is 14.4 Å². The fourth-order valence-corrected chi connectivity index (χ4v) is 7.41. The zero-order chi connectivity index (χ0) is 27.8. The molecule has 0 radical (unpaired) electrons. The SMILES string of the molecule is CC(NC(=O)Cn1cnnn1)[C@H]1C(=O)N2C(C(=O)O)=C(S[C@@H]3CN[C@H](C(=O)N4CCO[C@H](CN)C4)C3)[C@H](C)[C@H]12. The maximum atomic E-state index is 13.1. The van der Waals surface area contributed by atoms with E-state index in [0.717, 1.165) is 0 Å². The first-order valence-corrected chi connectivity index (χ1v) is 13.9. The van der Waals surface area contributed by atoms with E-state index >= 15 is 0 Å². The van der Waals surface area contributed by atoms with Crippen molar-refractivity contribution in [1.29, 1.82) is 0 Å². The highest BCUT2D eigenvalue weighted by Crippen LogP contribution is 2.51. The van der Waals surface area contributed by atoms with E-state index in [1.165, 1.54) is 27.7 Å². The average Bonchev–Trinajstić information content (AvgIpc) is 3.64. The highest BCUT2D eigenvalue weighted by Gasteiger charge is 2.60. The Morgan fingerprint density at radius 2 is 2.18 bits per heavy atom. The lowest BCUT2D eigenvalue weighted by atomic mass is 9.78. The van der Waals surface area contributed by atoms with Crippen LogP contribution < -0.4 is 16.4 Å². The maximum absolute atomic E-state index is 13.1. The highest BCUT2D eigenvalue weighted by atomic mass is 32.2. The summed E-state index contributed by atoms with van der Waals surface area (Å²) in [5.41, 5.74) is 5.71. The quantitative estimate of drug-likeness (QED) is 0.233. The molecule has 1 aromatic rings. The number of carboxylic acids is 1. The number of hydrogen-bond acceptors (Lipinski definition) is 11. The molecule has 3 amide bonds. The number of fused-ring (bicyclic) bond motifs is 1. The van der Waals surface area contributed by atoms with Gasteiger partial charge in [0.15, 0.2) is 0 Å². The van der Waals surface area contributed by atoms with Gasteiger partial charge in [-0.15, -0.1) is 16.9 Å². The Morgan fingerprint density at radius 3 is 2.87 bits per heavy atom. The number of carbonyl (C=O) groups is 4. The molecular formula is C23H33N9O6S. The number of carbonyl (C=O) groups excluding carboxylic acids is 3. The fourth-order valence-electron chi connectivity index (χ4n) is 5.93. The molecule has 0 spiro atoms. The molecule has 0 saturated carbocycles. The molecular weight excluding hydrogens is 530 g/mol. The molecule has 0 aliphatic carbocycles. The number of β-lactam (4-membered cyclic amide) rings is 1. The number of tetrazole rings is 1. The number of rotatable bonds is 9. The Hall–Kier alpha value is -3.08. The van der Waals surface area contributed by atoms with Gasteiger partial charge in [0, 0.05) is 48.3 Å². The fraction of sp³-hybridized carbons (Fsp3) is 0.696. The average molecular weight is 564 g/mol. The molecule has 212 valence electrons. The van der Waals surface area contributed by atoms with E-state index in [1.54, 1.807) is 11.8 Å². The molecule has 5 rings (SSSR count). The molecule has 3 saturated heterocycles. The number of carboxylic acid groups (broad SMARTS) is 1. The number of amides is 3. The molecule has 16 heteroatoms. The van der Waals surface area contributed by atoms with Crippen molar-refractivity contribution >= 4 is 35.5 Å². The largest absolute Gasteiger partial charge is 0.477 e. The van der Waals surface area contributed by atoms with Gasteiger partial charge in [0.05, 0.1) is 30.7 Å². The van der Waals surface area contributed by atoms with Gasteiger partial charge < -0.3 is 36.0 Å². The minimum atomic E-state index is -1.16. The van der Waals surface area contributed by atoms with Gasteiger partial charge in [-0.1, -0.05) is 6.92 Å². The summed E-state index contributed by atoms with van der Waals surface area (Å²) in [6, 6.07) is -1.25. The van der Waals surface area contributed by atoms with Crippen LogP contribution in [-0.2, 0) is 30.5 Å². The number of nitrogens with two attached hydrogens (primary N) is 1. The Labute approximate surface area is 228 Å². The zero-order valence-electron chi connectivity index (χ0n) is 21.7. The second kappa shape index (κ2) is 11.2. The summed E-state index contributed by atoms with van der Waals surface area (Å²) in [5, 5.41) is 26.8. The van der Waals surface area contributed by atoms with E-state index in [0.29, 0.717) is 44.1 Å². The lowest BCUT2D eigenvalue weighted by Gasteiger charge is -2.47. The zero-order valence-corrected chi connectivity index (χ0v) is 22.5. The normalized spacial score (nSPS) is 31.2. The van der Waals surface area contributed by atoms with Crippen molar-refractivity contribution in [3.05, 3.63) is 16.9 Å². The summed E-state index contributed by atoms with van der Waals surface area (Å²) in [5.74, 6) is -2.63. The van der Waals surface area contributed by atoms with Crippen LogP contribution in [0.25, 0.3) is 0 Å². The summed E-state index contributed by atoms with van der Waals surface area (Å²) in [7, 11) is 0. The number of aliphatic carboxylic acids is 1. The summed E-state index contributed by atoms with van der Waals surface area (Å²) < 4.78 is 6.84. The molecule has 1 aromatic heterocycles. The van der Waals surface area contributed by atoms with Crippen LogP contribution in [0.15, 0.2) is 16.9 Å². The Morgan fingerprint density at radius 1 is 1.38 bits per heavy atom. The van der Waals surface area contributed by atoms with Crippen molar-refractivity contribution in [1.82, 2.24) is 40.6 Å². The van der Waals surface area contributed by atoms with Gasteiger partial charge in [-0.05, 0) is 23.8 Å². The van der Waals surface area contributed by atoms with Gasteiger partial charge in [0.25, 0.3) is 0 Å². The van der Waals surface area contributed by atoms with E-state index in [-0.39, 0.29) is 59.3 Å². The standard InChI is InChI=1S/C23H33N9O6S/c1-11-18-17(12(2)27-16(33)9-31-10-26-28-29-31)22(35)32(18)19(23(36)37)20(11)39-14-5-15(25-7-14)21(34)30-3-4-38-13(6-24)8-30/h10-15,17-18,25H,3-9,24H2,1-2H3,(H,27,33)(H,36,37)/t11-,12?,13-,14+,15+,17-,18-/m1/s1. The summed E-state index contributed by atoms with van der Waals surface area (Å²) >= 11 is 1.43. The number of ether oxygens (including phenoxy) is 1. The molecule has 5 N–H and O–H groups in total. The van der Waals surface area contributed by atoms with Gasteiger partial charge in [-0.2, -0.15) is 0 Å². The summed E-state index contributed by atoms with van der Waals surface area (Å²) in [6.07, 6.45) is 1.70. The van der Waals surface area contributed by atoms with Gasteiger partial charge >= 0.3 is 5.97 Å². The first-order valence-electron chi connectivity index (χ1n) is 13.0. The maximum Gasteiger partial charge on any atom is 0.353 e. The Bertz CT molecular complexity index is 1160. The van der Waals surface area contributed by atoms with E-state index in [1.807, 2.05) is 6.92 Å². The van der Waals surface area contributed by atoms with Crippen LogP contribution in [0.5, 0.6) is 0 Å². The second-order valence-corrected chi connectivity index (χ2v) is 11.7. The van der Waals surface area contributed by atoms with Gasteiger partial charge in [0.1, 0.15) is 18.6 Å². The predicted molar refractivity (Wildman–Crippen MR) is 137 cm³/mol. The van der Waals surface area contributed by atoms with Crippen LogP contribution in [0.3, 0.4) is 0 Å². The molecule has 4 aliphatic heterocycles. The molecule has 4 aliphatic rings. The van der Waals surface area contributed by atoms with Crippen molar-refractivity contribution in [2.24, 2.45) is 17.6 Å². The van der Waals surface area contributed by atoms with Crippen molar-refractivity contribution in [3.63, 3.8) is 0 Å². The van der Waals surface area contributed by atoms with E-state index < -0.39 is 17.9 Å². The third-order valence-corrected chi connectivity index (χ3v) is 9.32. The first kappa shape index (κ1) is 27.5. The second-order valence-electron chi connectivity index (χ2n) is 10.3. The van der Waals surface area contributed by atoms with E-state index in [9.17, 15) is 24.3 Å². The van der Waals surface area contributed by atoms with Crippen molar-refractivity contribution < 1.29 is 29.0 Å². The summed E-state index contributed by atoms with van der Waals surface area (Å²) in [4.78, 5) is 54.7. The minimum Gasteiger partial charge on any atom is -0.477 e. The number of thioether (sulfide) groups is 1. The highest BCUT2D eigenvalue weighted by molar-refractivity contribution is 8.03. The number of morpholine rings is 1. The van der Waals surface area contributed by atoms with Crippen LogP contribution >= 0.6 is 11.8 Å². The summed E-state index contributed by atoms with van der Waals surface area (Å²) in [6.45, 7) is 5.89. The predicted octanol–water partition coefficient (Wildman–Crippen LogP) is -2.40. The third-order valence-electron chi connectivity index (χ3n) is 7.81. The van der Waals surface area contributed by atoms with Crippen molar-refractivity contribution in [2.75, 3.05) is 32.8 Å². The molecule has 0 bridgehead atoms. The van der Waals surface area contributed by atoms with Crippen molar-refractivity contribution in [3.8, 4) is 0 Å². The number of nitrogens with zero attached hydrogens (tertiary/aromatic N) is 6. The smallest absolute Gasteiger partial charge is 0.353 e. The Balaban J connectivity index is 1.22. The number of nitrogens with one attached hydrogen (secondary N) is 2. The lowest BCUT2D eigenvalue weighted by Crippen LogP contribution is -2.66. The van der Waals surface area contributed by atoms with Crippen LogP contribution in [0.4, 0.5) is 0 Å². The van der Waals surface area contributed by atoms with Crippen LogP contribution in [-0.4, -0.2) is 121 Å². The molecule has 15 nitrogen and oxygen atoms in total. The minimum absolute atomic E-state index is 0.000269. The van der Waals surface area contributed by atoms with Crippen molar-refractivity contribution in [2.45, 2.75) is 56.3 Å². The van der Waals surface area contributed by atoms with Crippen LogP contribution in [0.2, 0.25) is 0 Å². The molecule has 39 heavy (non-hydrogen) atoms. The monoisotopic (exact) mass is 563 g/mol. The molecule has 5 heterocycles. The third kappa shape index (κ3) is 5.25. The number of hydrogen-bond donors (Lipinski definition) is 4. The molecule has 1 unspecified atom stereocenters. The number of aromatic nitrogens is 4. The topological polar surface area (TPSA) is 198 Å². The molecule has 0 aromatic carbocycles.